The van der Waals surface area contributed by atoms with Crippen LogP contribution in [0.25, 0.3) is 0 Å². The van der Waals surface area contributed by atoms with Crippen LogP contribution in [0.1, 0.15) is 28.8 Å². The van der Waals surface area contributed by atoms with Gasteiger partial charge < -0.3 is 15.0 Å². The minimum Gasteiger partial charge on any atom is -0.406 e. The molecule has 0 saturated carbocycles. The summed E-state index contributed by atoms with van der Waals surface area (Å²) in [6.07, 6.45) is -3.44. The zero-order valence-corrected chi connectivity index (χ0v) is 14.3. The smallest absolute Gasteiger partial charge is 0.406 e. The van der Waals surface area contributed by atoms with Gasteiger partial charge in [-0.1, -0.05) is 18.2 Å². The second-order valence-electron chi connectivity index (χ2n) is 6.07. The number of carbonyl (C=O) groups is 2. The fraction of sp³-hybridized carbons (Fsp3) is 0.263. The molecule has 0 atom stereocenters. The van der Waals surface area contributed by atoms with E-state index >= 15 is 0 Å². The summed E-state index contributed by atoms with van der Waals surface area (Å²) in [4.78, 5) is 25.8. The Hall–Kier alpha value is -3.03. The van der Waals surface area contributed by atoms with Gasteiger partial charge in [0.25, 0.3) is 5.91 Å². The van der Waals surface area contributed by atoms with E-state index in [0.29, 0.717) is 29.8 Å². The number of anilines is 1. The summed E-state index contributed by atoms with van der Waals surface area (Å²) in [5.41, 5.74) is 1.71. The van der Waals surface area contributed by atoms with Crippen LogP contribution in [0.2, 0.25) is 0 Å². The minimum absolute atomic E-state index is 0.0359. The first-order valence-corrected chi connectivity index (χ1v) is 8.35. The molecule has 1 heterocycles. The molecule has 0 spiro atoms. The molecule has 1 saturated heterocycles. The van der Waals surface area contributed by atoms with E-state index in [1.54, 1.807) is 29.2 Å². The Bertz CT molecular complexity index is 835. The second-order valence-corrected chi connectivity index (χ2v) is 6.07. The molecule has 142 valence electrons. The quantitative estimate of drug-likeness (QED) is 0.864. The van der Waals surface area contributed by atoms with Crippen molar-refractivity contribution in [1.29, 1.82) is 0 Å². The van der Waals surface area contributed by atoms with Crippen molar-refractivity contribution >= 4 is 17.5 Å². The predicted octanol–water partition coefficient (Wildman–Crippen LogP) is 3.64. The van der Waals surface area contributed by atoms with Crippen LogP contribution in [0.15, 0.2) is 48.5 Å². The number of rotatable bonds is 5. The van der Waals surface area contributed by atoms with E-state index in [-0.39, 0.29) is 24.1 Å². The normalized spacial score (nSPS) is 14.3. The lowest BCUT2D eigenvalue weighted by Gasteiger charge is -2.16. The van der Waals surface area contributed by atoms with Gasteiger partial charge in [0.2, 0.25) is 5.91 Å². The molecule has 0 aliphatic carbocycles. The molecule has 5 nitrogen and oxygen atoms in total. The standard InChI is InChI=1S/C19H17F3N2O3/c20-19(21,22)27-16-8-6-13(7-9-16)12-23-18(26)14-3-1-4-15(11-14)24-10-2-5-17(24)25/h1,3-4,6-9,11H,2,5,10,12H2,(H,23,26). The molecule has 2 amide bonds. The van der Waals surface area contributed by atoms with Crippen molar-refractivity contribution < 1.29 is 27.5 Å². The van der Waals surface area contributed by atoms with Gasteiger partial charge >= 0.3 is 6.36 Å². The SMILES string of the molecule is O=C(NCc1ccc(OC(F)(F)F)cc1)c1cccc(N2CCCC2=O)c1. The van der Waals surface area contributed by atoms with Gasteiger partial charge in [-0.05, 0) is 42.3 Å². The second kappa shape index (κ2) is 7.69. The van der Waals surface area contributed by atoms with Crippen LogP contribution in [0.4, 0.5) is 18.9 Å². The highest BCUT2D eigenvalue weighted by atomic mass is 19.4. The van der Waals surface area contributed by atoms with E-state index in [1.807, 2.05) is 0 Å². The van der Waals surface area contributed by atoms with Gasteiger partial charge in [-0.3, -0.25) is 9.59 Å². The molecule has 0 bridgehead atoms. The summed E-state index contributed by atoms with van der Waals surface area (Å²) >= 11 is 0. The molecule has 0 radical (unpaired) electrons. The van der Waals surface area contributed by atoms with Crippen LogP contribution in [0.5, 0.6) is 5.75 Å². The van der Waals surface area contributed by atoms with Gasteiger partial charge in [0.05, 0.1) is 0 Å². The van der Waals surface area contributed by atoms with E-state index in [9.17, 15) is 22.8 Å². The number of halogens is 3. The lowest BCUT2D eigenvalue weighted by atomic mass is 10.1. The number of benzene rings is 2. The Labute approximate surface area is 153 Å². The summed E-state index contributed by atoms with van der Waals surface area (Å²) in [5.74, 6) is -0.617. The third-order valence-electron chi connectivity index (χ3n) is 4.10. The van der Waals surface area contributed by atoms with Gasteiger partial charge in [0, 0.05) is 30.8 Å². The molecule has 3 rings (SSSR count). The third kappa shape index (κ3) is 4.99. The van der Waals surface area contributed by atoms with Crippen molar-refractivity contribution in [3.8, 4) is 5.75 Å². The largest absolute Gasteiger partial charge is 0.573 e. The van der Waals surface area contributed by atoms with E-state index < -0.39 is 6.36 Å². The van der Waals surface area contributed by atoms with Crippen molar-refractivity contribution in [2.45, 2.75) is 25.7 Å². The summed E-state index contributed by atoms with van der Waals surface area (Å²) in [6, 6.07) is 12.0. The van der Waals surface area contributed by atoms with E-state index in [1.165, 1.54) is 24.3 Å². The lowest BCUT2D eigenvalue weighted by Crippen LogP contribution is -2.25. The molecular weight excluding hydrogens is 361 g/mol. The highest BCUT2D eigenvalue weighted by Gasteiger charge is 2.31. The predicted molar refractivity (Wildman–Crippen MR) is 92.3 cm³/mol. The Kier molecular flexibility index (Phi) is 5.34. The zero-order valence-electron chi connectivity index (χ0n) is 14.3. The number of hydrogen-bond acceptors (Lipinski definition) is 3. The van der Waals surface area contributed by atoms with Crippen LogP contribution >= 0.6 is 0 Å². The molecule has 1 N–H and O–H groups in total. The molecule has 1 aliphatic rings. The Balaban J connectivity index is 1.60. The highest BCUT2D eigenvalue weighted by Crippen LogP contribution is 2.23. The first-order chi connectivity index (χ1) is 12.8. The summed E-state index contributed by atoms with van der Waals surface area (Å²) in [5, 5.41) is 2.71. The van der Waals surface area contributed by atoms with Crippen LogP contribution in [-0.2, 0) is 11.3 Å². The van der Waals surface area contributed by atoms with Crippen LogP contribution in [0, 0.1) is 0 Å². The van der Waals surface area contributed by atoms with Crippen molar-refractivity contribution in [2.75, 3.05) is 11.4 Å². The first-order valence-electron chi connectivity index (χ1n) is 8.35. The van der Waals surface area contributed by atoms with Crippen LogP contribution in [0.3, 0.4) is 0 Å². The Morgan fingerprint density at radius 3 is 2.52 bits per heavy atom. The van der Waals surface area contributed by atoms with Crippen molar-refractivity contribution in [1.82, 2.24) is 5.32 Å². The van der Waals surface area contributed by atoms with Gasteiger partial charge in [-0.2, -0.15) is 0 Å². The molecule has 2 aromatic carbocycles. The molecule has 0 unspecified atom stereocenters. The zero-order chi connectivity index (χ0) is 19.4. The monoisotopic (exact) mass is 378 g/mol. The molecule has 0 aromatic heterocycles. The summed E-state index contributed by atoms with van der Waals surface area (Å²) in [6.45, 7) is 0.786. The number of amides is 2. The molecule has 1 aliphatic heterocycles. The average molecular weight is 378 g/mol. The first kappa shape index (κ1) is 18.8. The van der Waals surface area contributed by atoms with Crippen molar-refractivity contribution in [3.63, 3.8) is 0 Å². The number of carbonyl (C=O) groups excluding carboxylic acids is 2. The average Bonchev–Trinajstić information content (AvgIpc) is 3.06. The van der Waals surface area contributed by atoms with E-state index in [4.69, 9.17) is 0 Å². The maximum Gasteiger partial charge on any atom is 0.573 e. The fourth-order valence-corrected chi connectivity index (χ4v) is 2.83. The number of nitrogens with zero attached hydrogens (tertiary/aromatic N) is 1. The van der Waals surface area contributed by atoms with Crippen molar-refractivity contribution in [3.05, 3.63) is 59.7 Å². The molecule has 8 heteroatoms. The maximum absolute atomic E-state index is 12.3. The molecular formula is C19H17F3N2O3. The third-order valence-corrected chi connectivity index (χ3v) is 4.10. The number of ether oxygens (including phenoxy) is 1. The van der Waals surface area contributed by atoms with Gasteiger partial charge in [-0.25, -0.2) is 0 Å². The van der Waals surface area contributed by atoms with Gasteiger partial charge in [0.15, 0.2) is 0 Å². The van der Waals surface area contributed by atoms with Crippen molar-refractivity contribution in [2.24, 2.45) is 0 Å². The number of alkyl halides is 3. The van der Waals surface area contributed by atoms with E-state index in [2.05, 4.69) is 10.1 Å². The topological polar surface area (TPSA) is 58.6 Å². The molecule has 27 heavy (non-hydrogen) atoms. The van der Waals surface area contributed by atoms with Gasteiger partial charge in [-0.15, -0.1) is 13.2 Å². The van der Waals surface area contributed by atoms with Crippen LogP contribution < -0.4 is 15.0 Å². The highest BCUT2D eigenvalue weighted by molar-refractivity contribution is 5.99. The Morgan fingerprint density at radius 2 is 1.89 bits per heavy atom. The molecule has 1 fully saturated rings. The summed E-state index contributed by atoms with van der Waals surface area (Å²) in [7, 11) is 0. The number of nitrogens with one attached hydrogen (secondary N) is 1. The Morgan fingerprint density at radius 1 is 1.15 bits per heavy atom. The lowest BCUT2D eigenvalue weighted by molar-refractivity contribution is -0.274. The number of hydrogen-bond donors (Lipinski definition) is 1. The van der Waals surface area contributed by atoms with Gasteiger partial charge in [0.1, 0.15) is 5.75 Å². The van der Waals surface area contributed by atoms with E-state index in [0.717, 1.165) is 6.42 Å². The summed E-state index contributed by atoms with van der Waals surface area (Å²) < 4.78 is 40.2. The van der Waals surface area contributed by atoms with Crippen LogP contribution in [-0.4, -0.2) is 24.7 Å². The minimum atomic E-state index is -4.74. The maximum atomic E-state index is 12.3. The molecule has 2 aromatic rings. The fourth-order valence-electron chi connectivity index (χ4n) is 2.83.